The van der Waals surface area contributed by atoms with Crippen LogP contribution in [-0.4, -0.2) is 17.9 Å². The van der Waals surface area contributed by atoms with Crippen LogP contribution in [0.1, 0.15) is 33.1 Å². The molecule has 0 fully saturated rings. The largest absolute Gasteiger partial charge is 0.471 e. The van der Waals surface area contributed by atoms with Gasteiger partial charge in [-0.05, 0) is 24.5 Å². The van der Waals surface area contributed by atoms with Crippen LogP contribution in [0, 0.1) is 0 Å². The fourth-order valence-electron chi connectivity index (χ4n) is 3.47. The predicted octanol–water partition coefficient (Wildman–Crippen LogP) is 5.31. The third kappa shape index (κ3) is 3.12. The van der Waals surface area contributed by atoms with Gasteiger partial charge in [-0.15, -0.1) is 11.3 Å². The highest BCUT2D eigenvalue weighted by Gasteiger charge is 2.40. The lowest BCUT2D eigenvalue weighted by molar-refractivity contribution is -0.167. The van der Waals surface area contributed by atoms with Gasteiger partial charge in [0.05, 0.1) is 11.6 Å². The van der Waals surface area contributed by atoms with Gasteiger partial charge in [0.1, 0.15) is 0 Å². The topological polar surface area (TPSA) is 46.2 Å². The number of aryl methyl sites for hydroxylation is 1. The van der Waals surface area contributed by atoms with Gasteiger partial charge in [-0.3, -0.25) is 9.59 Å². The van der Waals surface area contributed by atoms with E-state index in [2.05, 4.69) is 0 Å². The number of fused-ring (bicyclic) bond motifs is 2. The maximum atomic E-state index is 13.0. The maximum absolute atomic E-state index is 13.0. The number of anilines is 1. The highest BCUT2D eigenvalue weighted by molar-refractivity contribution is 7.20. The van der Waals surface area contributed by atoms with Crippen molar-refractivity contribution in [3.8, 4) is 0 Å². The van der Waals surface area contributed by atoms with Gasteiger partial charge in [0.25, 0.3) is 0 Å². The van der Waals surface area contributed by atoms with Crippen molar-refractivity contribution in [2.75, 3.05) is 5.32 Å². The second-order valence-electron chi connectivity index (χ2n) is 6.40. The molecular weight excluding hydrogens is 375 g/mol. The van der Waals surface area contributed by atoms with Crippen molar-refractivity contribution in [1.82, 2.24) is 0 Å². The molecule has 1 amide bonds. The third-order valence-corrected chi connectivity index (χ3v) is 6.02. The molecule has 1 N–H and O–H groups in total. The van der Waals surface area contributed by atoms with E-state index in [9.17, 15) is 22.8 Å². The Morgan fingerprint density at radius 2 is 1.78 bits per heavy atom. The van der Waals surface area contributed by atoms with Crippen LogP contribution < -0.4 is 5.32 Å². The predicted molar refractivity (Wildman–Crippen MR) is 98.3 cm³/mol. The van der Waals surface area contributed by atoms with Crippen molar-refractivity contribution < 1.29 is 22.8 Å². The zero-order valence-electron chi connectivity index (χ0n) is 14.0. The number of thiophene rings is 1. The summed E-state index contributed by atoms with van der Waals surface area (Å²) < 4.78 is 39.2. The van der Waals surface area contributed by atoms with Gasteiger partial charge in [-0.2, -0.15) is 13.2 Å². The van der Waals surface area contributed by atoms with Gasteiger partial charge in [0, 0.05) is 20.5 Å². The molecule has 1 unspecified atom stereocenters. The van der Waals surface area contributed by atoms with Gasteiger partial charge < -0.3 is 5.32 Å². The van der Waals surface area contributed by atoms with Crippen LogP contribution in [-0.2, 0) is 11.2 Å². The number of nitrogens with one attached hydrogen (secondary N) is 1. The highest BCUT2D eigenvalue weighted by Crippen LogP contribution is 2.45. The molecule has 1 aromatic heterocycles. The Morgan fingerprint density at radius 3 is 2.56 bits per heavy atom. The molecule has 3 aromatic rings. The molecule has 1 aliphatic carbocycles. The number of hydrogen-bond acceptors (Lipinski definition) is 3. The minimum atomic E-state index is -5.00. The molecule has 27 heavy (non-hydrogen) atoms. The molecule has 0 saturated carbocycles. The molecule has 1 aliphatic rings. The van der Waals surface area contributed by atoms with Gasteiger partial charge in [-0.1, -0.05) is 42.5 Å². The van der Waals surface area contributed by atoms with E-state index in [1.807, 2.05) is 17.4 Å². The van der Waals surface area contributed by atoms with Gasteiger partial charge in [0.15, 0.2) is 5.78 Å². The Labute approximate surface area is 156 Å². The molecule has 3 nitrogen and oxygen atoms in total. The summed E-state index contributed by atoms with van der Waals surface area (Å²) in [6, 6.07) is 14.2. The number of carbonyl (C=O) groups is 2. The van der Waals surface area contributed by atoms with Crippen molar-refractivity contribution in [2.24, 2.45) is 0 Å². The van der Waals surface area contributed by atoms with E-state index in [0.717, 1.165) is 10.3 Å². The van der Waals surface area contributed by atoms with Crippen molar-refractivity contribution in [1.29, 1.82) is 0 Å². The second-order valence-corrected chi connectivity index (χ2v) is 7.49. The Morgan fingerprint density at radius 1 is 1.07 bits per heavy atom. The Kier molecular flexibility index (Phi) is 4.26. The average Bonchev–Trinajstić information content (AvgIpc) is 3.00. The van der Waals surface area contributed by atoms with Crippen LogP contribution in [0.2, 0.25) is 0 Å². The quantitative estimate of drug-likeness (QED) is 0.645. The maximum Gasteiger partial charge on any atom is 0.471 e. The molecular formula is C20H14F3NO2S. The first-order chi connectivity index (χ1) is 12.9. The fourth-order valence-corrected chi connectivity index (χ4v) is 4.76. The first-order valence-electron chi connectivity index (χ1n) is 8.38. The average molecular weight is 389 g/mol. The van der Waals surface area contributed by atoms with Crippen LogP contribution in [0.3, 0.4) is 0 Å². The number of halogens is 3. The summed E-state index contributed by atoms with van der Waals surface area (Å²) in [7, 11) is 0. The summed E-state index contributed by atoms with van der Waals surface area (Å²) >= 11 is 1.26. The number of carbonyl (C=O) groups excluding carboxylic acids is 2. The van der Waals surface area contributed by atoms with Gasteiger partial charge in [0.2, 0.25) is 0 Å². The van der Waals surface area contributed by atoms with Crippen LogP contribution in [0.15, 0.2) is 48.5 Å². The molecule has 7 heteroatoms. The van der Waals surface area contributed by atoms with Crippen molar-refractivity contribution in [3.05, 3.63) is 64.5 Å². The van der Waals surface area contributed by atoms with E-state index >= 15 is 0 Å². The SMILES string of the molecule is O=C1c2ccccc2CCC1c1sc2ccccc2c1NC(=O)C(F)(F)F. The summed E-state index contributed by atoms with van der Waals surface area (Å²) in [6.45, 7) is 0. The first-order valence-corrected chi connectivity index (χ1v) is 9.19. The molecule has 0 saturated heterocycles. The molecule has 0 spiro atoms. The lowest BCUT2D eigenvalue weighted by atomic mass is 9.81. The van der Waals surface area contributed by atoms with Crippen LogP contribution in [0.5, 0.6) is 0 Å². The number of ketones is 1. The summed E-state index contributed by atoms with van der Waals surface area (Å²) in [6.07, 6.45) is -3.84. The van der Waals surface area contributed by atoms with E-state index in [4.69, 9.17) is 0 Å². The number of hydrogen-bond donors (Lipinski definition) is 1. The molecule has 2 aromatic carbocycles. The lowest BCUT2D eigenvalue weighted by Gasteiger charge is -2.23. The monoisotopic (exact) mass is 389 g/mol. The molecule has 0 bridgehead atoms. The number of rotatable bonds is 2. The fraction of sp³-hybridized carbons (Fsp3) is 0.200. The van der Waals surface area contributed by atoms with Crippen LogP contribution in [0.25, 0.3) is 10.1 Å². The summed E-state index contributed by atoms with van der Waals surface area (Å²) in [5, 5.41) is 2.53. The zero-order valence-corrected chi connectivity index (χ0v) is 14.8. The minimum absolute atomic E-state index is 0.0932. The zero-order chi connectivity index (χ0) is 19.2. The number of Topliss-reactive ketones (excluding diaryl/α,β-unsaturated/α-hetero) is 1. The van der Waals surface area contributed by atoms with Gasteiger partial charge in [-0.25, -0.2) is 0 Å². The van der Waals surface area contributed by atoms with Crippen molar-refractivity contribution >= 4 is 38.8 Å². The summed E-state index contributed by atoms with van der Waals surface area (Å²) in [4.78, 5) is 25.1. The van der Waals surface area contributed by atoms with Crippen molar-refractivity contribution in [2.45, 2.75) is 24.9 Å². The summed E-state index contributed by atoms with van der Waals surface area (Å²) in [5.74, 6) is -2.72. The molecule has 1 heterocycles. The standard InChI is InChI=1S/C20H14F3NO2S/c21-20(22,23)19(26)24-16-13-7-3-4-8-15(13)27-18(16)14-10-9-11-5-1-2-6-12(11)17(14)25/h1-8,14H,9-10H2,(H,24,26). The van der Waals surface area contributed by atoms with E-state index < -0.39 is 18.0 Å². The smallest absolute Gasteiger partial charge is 0.317 e. The van der Waals surface area contributed by atoms with E-state index in [0.29, 0.717) is 28.7 Å². The van der Waals surface area contributed by atoms with Crippen LogP contribution >= 0.6 is 11.3 Å². The van der Waals surface area contributed by atoms with Crippen molar-refractivity contribution in [3.63, 3.8) is 0 Å². The molecule has 0 aliphatic heterocycles. The molecule has 138 valence electrons. The lowest BCUT2D eigenvalue weighted by Crippen LogP contribution is -2.30. The second kappa shape index (κ2) is 6.49. The molecule has 0 radical (unpaired) electrons. The number of benzene rings is 2. The first kappa shape index (κ1) is 17.7. The normalized spacial score (nSPS) is 17.0. The Balaban J connectivity index is 1.81. The van der Waals surface area contributed by atoms with E-state index in [1.165, 1.54) is 11.3 Å². The number of amides is 1. The molecule has 1 atom stereocenters. The number of alkyl halides is 3. The Hall–Kier alpha value is -2.67. The molecule has 4 rings (SSSR count). The van der Waals surface area contributed by atoms with Gasteiger partial charge >= 0.3 is 12.1 Å². The minimum Gasteiger partial charge on any atom is -0.317 e. The third-order valence-electron chi connectivity index (χ3n) is 4.74. The van der Waals surface area contributed by atoms with E-state index in [1.54, 1.807) is 36.4 Å². The highest BCUT2D eigenvalue weighted by atomic mass is 32.1. The Bertz CT molecular complexity index is 1050. The summed E-state index contributed by atoms with van der Waals surface area (Å²) in [5.41, 5.74) is 1.63. The van der Waals surface area contributed by atoms with Crippen LogP contribution in [0.4, 0.5) is 18.9 Å². The van der Waals surface area contributed by atoms with E-state index in [-0.39, 0.29) is 11.5 Å².